The van der Waals surface area contributed by atoms with Crippen LogP contribution in [0.5, 0.6) is 17.2 Å². The molecule has 0 fully saturated rings. The highest BCUT2D eigenvalue weighted by molar-refractivity contribution is 5.39. The first-order valence-electron chi connectivity index (χ1n) is 6.92. The van der Waals surface area contributed by atoms with Crippen molar-refractivity contribution < 1.29 is 19.1 Å². The topological polar surface area (TPSA) is 70.8 Å². The third-order valence-corrected chi connectivity index (χ3v) is 2.81. The highest BCUT2D eigenvalue weighted by Crippen LogP contribution is 2.26. The molecule has 6 nitrogen and oxygen atoms in total. The van der Waals surface area contributed by atoms with Gasteiger partial charge in [-0.15, -0.1) is 0 Å². The summed E-state index contributed by atoms with van der Waals surface area (Å²) in [7, 11) is 0. The van der Waals surface area contributed by atoms with Crippen LogP contribution in [0.15, 0.2) is 48.5 Å². The molecular weight excluding hydrogens is 286 g/mol. The van der Waals surface area contributed by atoms with Crippen LogP contribution in [0.2, 0.25) is 0 Å². The molecule has 2 aromatic carbocycles. The lowest BCUT2D eigenvalue weighted by molar-refractivity contribution is -0.384. The van der Waals surface area contributed by atoms with E-state index in [9.17, 15) is 10.1 Å². The van der Waals surface area contributed by atoms with E-state index in [-0.39, 0.29) is 5.69 Å². The predicted octanol–water partition coefficient (Wildman–Crippen LogP) is 3.45. The lowest BCUT2D eigenvalue weighted by Crippen LogP contribution is -2.09. The number of rotatable bonds is 8. The molecule has 0 radical (unpaired) electrons. The molecule has 0 atom stereocenters. The average molecular weight is 303 g/mol. The second-order valence-electron chi connectivity index (χ2n) is 4.33. The molecule has 0 aliphatic rings. The summed E-state index contributed by atoms with van der Waals surface area (Å²) in [5.41, 5.74) is 0.0363. The standard InChI is InChI=1S/C16H17NO5/c1-2-20-15-5-3-4-6-16(15)22-12-11-21-14-9-7-13(8-10-14)17(18)19/h3-10H,2,11-12H2,1H3. The van der Waals surface area contributed by atoms with Gasteiger partial charge in [0.1, 0.15) is 19.0 Å². The van der Waals surface area contributed by atoms with Crippen LogP contribution in [0.25, 0.3) is 0 Å². The summed E-state index contributed by atoms with van der Waals surface area (Å²) in [5, 5.41) is 10.5. The zero-order valence-corrected chi connectivity index (χ0v) is 12.2. The minimum absolute atomic E-state index is 0.0363. The van der Waals surface area contributed by atoms with E-state index in [1.165, 1.54) is 12.1 Å². The van der Waals surface area contributed by atoms with Crippen LogP contribution in [-0.4, -0.2) is 24.7 Å². The van der Waals surface area contributed by atoms with Crippen LogP contribution in [0.1, 0.15) is 6.92 Å². The van der Waals surface area contributed by atoms with E-state index in [1.54, 1.807) is 12.1 Å². The minimum atomic E-state index is -0.447. The maximum absolute atomic E-state index is 10.5. The molecule has 0 bridgehead atoms. The van der Waals surface area contributed by atoms with E-state index < -0.39 is 4.92 Å². The molecule has 2 aromatic rings. The van der Waals surface area contributed by atoms with Crippen molar-refractivity contribution in [3.63, 3.8) is 0 Å². The first-order chi connectivity index (χ1) is 10.7. The van der Waals surface area contributed by atoms with Crippen molar-refractivity contribution in [2.75, 3.05) is 19.8 Å². The van der Waals surface area contributed by atoms with Crippen LogP contribution >= 0.6 is 0 Å². The van der Waals surface area contributed by atoms with Gasteiger partial charge < -0.3 is 14.2 Å². The van der Waals surface area contributed by atoms with E-state index in [2.05, 4.69) is 0 Å². The van der Waals surface area contributed by atoms with E-state index in [4.69, 9.17) is 14.2 Å². The minimum Gasteiger partial charge on any atom is -0.490 e. The molecule has 0 N–H and O–H groups in total. The van der Waals surface area contributed by atoms with Crippen molar-refractivity contribution in [2.24, 2.45) is 0 Å². The van der Waals surface area contributed by atoms with Gasteiger partial charge in [-0.05, 0) is 31.2 Å². The number of nitro groups is 1. The van der Waals surface area contributed by atoms with Gasteiger partial charge in [0.25, 0.3) is 5.69 Å². The van der Waals surface area contributed by atoms with Gasteiger partial charge in [0, 0.05) is 12.1 Å². The van der Waals surface area contributed by atoms with Gasteiger partial charge >= 0.3 is 0 Å². The Morgan fingerprint density at radius 3 is 2.09 bits per heavy atom. The van der Waals surface area contributed by atoms with Crippen molar-refractivity contribution in [2.45, 2.75) is 6.92 Å². The molecular formula is C16H17NO5. The zero-order valence-electron chi connectivity index (χ0n) is 12.2. The number of ether oxygens (including phenoxy) is 3. The van der Waals surface area contributed by atoms with Crippen molar-refractivity contribution in [1.82, 2.24) is 0 Å². The molecule has 0 saturated heterocycles. The van der Waals surface area contributed by atoms with E-state index in [1.807, 2.05) is 31.2 Å². The number of para-hydroxylation sites is 2. The lowest BCUT2D eigenvalue weighted by Gasteiger charge is -2.12. The average Bonchev–Trinajstić information content (AvgIpc) is 2.53. The molecule has 2 rings (SSSR count). The molecule has 0 saturated carbocycles. The number of hydrogen-bond acceptors (Lipinski definition) is 5. The quantitative estimate of drug-likeness (QED) is 0.424. The Hall–Kier alpha value is -2.76. The predicted molar refractivity (Wildman–Crippen MR) is 81.7 cm³/mol. The molecule has 0 aliphatic heterocycles. The van der Waals surface area contributed by atoms with Crippen molar-refractivity contribution in [1.29, 1.82) is 0 Å². The molecule has 0 unspecified atom stereocenters. The molecule has 116 valence electrons. The lowest BCUT2D eigenvalue weighted by atomic mass is 10.3. The maximum atomic E-state index is 10.5. The van der Waals surface area contributed by atoms with Crippen LogP contribution in [0.3, 0.4) is 0 Å². The molecule has 0 spiro atoms. The summed E-state index contributed by atoms with van der Waals surface area (Å²) in [6.07, 6.45) is 0. The molecule has 0 aromatic heterocycles. The molecule has 0 aliphatic carbocycles. The summed E-state index contributed by atoms with van der Waals surface area (Å²) >= 11 is 0. The highest BCUT2D eigenvalue weighted by Gasteiger charge is 2.05. The molecule has 6 heteroatoms. The summed E-state index contributed by atoms with van der Waals surface area (Å²) in [4.78, 5) is 10.1. The number of nitro benzene ring substituents is 1. The Morgan fingerprint density at radius 2 is 1.50 bits per heavy atom. The second kappa shape index (κ2) is 7.87. The SMILES string of the molecule is CCOc1ccccc1OCCOc1ccc([N+](=O)[O-])cc1. The van der Waals surface area contributed by atoms with Gasteiger partial charge in [0.15, 0.2) is 11.5 Å². The summed E-state index contributed by atoms with van der Waals surface area (Å²) in [6.45, 7) is 3.16. The van der Waals surface area contributed by atoms with Gasteiger partial charge in [-0.3, -0.25) is 10.1 Å². The Morgan fingerprint density at radius 1 is 0.909 bits per heavy atom. The summed E-state index contributed by atoms with van der Waals surface area (Å²) in [6, 6.07) is 13.4. The van der Waals surface area contributed by atoms with Gasteiger partial charge in [0.05, 0.1) is 11.5 Å². The summed E-state index contributed by atoms with van der Waals surface area (Å²) < 4.78 is 16.5. The Kier molecular flexibility index (Phi) is 5.59. The van der Waals surface area contributed by atoms with Crippen molar-refractivity contribution >= 4 is 5.69 Å². The van der Waals surface area contributed by atoms with Crippen LogP contribution in [0.4, 0.5) is 5.69 Å². The molecule has 0 amide bonds. The smallest absolute Gasteiger partial charge is 0.269 e. The van der Waals surface area contributed by atoms with Crippen molar-refractivity contribution in [3.05, 3.63) is 58.6 Å². The van der Waals surface area contributed by atoms with E-state index in [0.29, 0.717) is 37.1 Å². The van der Waals surface area contributed by atoms with Gasteiger partial charge in [0.2, 0.25) is 0 Å². The fraction of sp³-hybridized carbons (Fsp3) is 0.250. The van der Waals surface area contributed by atoms with Crippen LogP contribution in [-0.2, 0) is 0 Å². The van der Waals surface area contributed by atoms with Gasteiger partial charge in [-0.25, -0.2) is 0 Å². The van der Waals surface area contributed by atoms with Crippen molar-refractivity contribution in [3.8, 4) is 17.2 Å². The Bertz CT molecular complexity index is 612. The van der Waals surface area contributed by atoms with Gasteiger partial charge in [-0.2, -0.15) is 0 Å². The maximum Gasteiger partial charge on any atom is 0.269 e. The van der Waals surface area contributed by atoms with E-state index >= 15 is 0 Å². The van der Waals surface area contributed by atoms with Crippen LogP contribution in [0, 0.1) is 10.1 Å². The highest BCUT2D eigenvalue weighted by atomic mass is 16.6. The normalized spacial score (nSPS) is 10.0. The number of benzene rings is 2. The van der Waals surface area contributed by atoms with Crippen LogP contribution < -0.4 is 14.2 Å². The largest absolute Gasteiger partial charge is 0.490 e. The fourth-order valence-corrected chi connectivity index (χ4v) is 1.82. The molecule has 0 heterocycles. The fourth-order valence-electron chi connectivity index (χ4n) is 1.82. The molecule has 22 heavy (non-hydrogen) atoms. The van der Waals surface area contributed by atoms with E-state index in [0.717, 1.165) is 0 Å². The monoisotopic (exact) mass is 303 g/mol. The Balaban J connectivity index is 1.81. The first kappa shape index (κ1) is 15.6. The third kappa shape index (κ3) is 4.37. The Labute approximate surface area is 128 Å². The van der Waals surface area contributed by atoms with Gasteiger partial charge in [-0.1, -0.05) is 12.1 Å². The summed E-state index contributed by atoms with van der Waals surface area (Å²) in [5.74, 6) is 1.92. The number of nitrogens with zero attached hydrogens (tertiary/aromatic N) is 1. The number of non-ortho nitro benzene ring substituents is 1. The number of hydrogen-bond donors (Lipinski definition) is 0. The first-order valence-corrected chi connectivity index (χ1v) is 6.92. The third-order valence-electron chi connectivity index (χ3n) is 2.81. The zero-order chi connectivity index (χ0) is 15.8. The second-order valence-corrected chi connectivity index (χ2v) is 4.33.